The Bertz CT molecular complexity index is 692. The largest absolute Gasteiger partial charge is 0.319 e. The molecule has 2 aromatic rings. The lowest BCUT2D eigenvalue weighted by molar-refractivity contribution is -0.112. The fourth-order valence-corrected chi connectivity index (χ4v) is 2.16. The second kappa shape index (κ2) is 5.46. The predicted octanol–water partition coefficient (Wildman–Crippen LogP) is 2.51. The highest BCUT2D eigenvalue weighted by Crippen LogP contribution is 2.17. The number of halogens is 1. The molecule has 1 N–H and O–H groups in total. The maximum absolute atomic E-state index is 12.2. The number of carbonyl (C=O) groups excluding carboxylic acids is 2. The summed E-state index contributed by atoms with van der Waals surface area (Å²) in [5, 5.41) is 7.15. The van der Waals surface area contributed by atoms with Crippen LogP contribution in [0.15, 0.2) is 24.3 Å². The lowest BCUT2D eigenvalue weighted by Gasteiger charge is -2.05. The van der Waals surface area contributed by atoms with Gasteiger partial charge in [0.05, 0.1) is 11.3 Å². The number of amides is 1. The molecule has 0 bridgehead atoms. The summed E-state index contributed by atoms with van der Waals surface area (Å²) in [5.41, 5.74) is 2.02. The van der Waals surface area contributed by atoms with Gasteiger partial charge in [-0.15, -0.1) is 0 Å². The summed E-state index contributed by atoms with van der Waals surface area (Å²) in [6, 6.07) is 6.63. The first-order valence-corrected chi connectivity index (χ1v) is 6.39. The van der Waals surface area contributed by atoms with Crippen LogP contribution in [-0.4, -0.2) is 21.5 Å². The Morgan fingerprint density at radius 2 is 2.00 bits per heavy atom. The molecule has 0 unspecified atom stereocenters. The van der Waals surface area contributed by atoms with Gasteiger partial charge in [-0.05, 0) is 32.0 Å². The van der Waals surface area contributed by atoms with Crippen LogP contribution >= 0.6 is 11.6 Å². The zero-order valence-electron chi connectivity index (χ0n) is 11.4. The van der Waals surface area contributed by atoms with Crippen LogP contribution < -0.4 is 5.32 Å². The Balaban J connectivity index is 2.23. The van der Waals surface area contributed by atoms with E-state index in [0.717, 1.165) is 0 Å². The number of benzene rings is 1. The third-order valence-electron chi connectivity index (χ3n) is 3.02. The van der Waals surface area contributed by atoms with Crippen molar-refractivity contribution < 1.29 is 9.59 Å². The van der Waals surface area contributed by atoms with Crippen molar-refractivity contribution in [3.8, 4) is 0 Å². The molecular weight excluding hydrogens is 278 g/mol. The Hall–Kier alpha value is -2.14. The van der Waals surface area contributed by atoms with Crippen LogP contribution in [0.3, 0.4) is 0 Å². The van der Waals surface area contributed by atoms with E-state index in [1.54, 1.807) is 49.8 Å². The summed E-state index contributed by atoms with van der Waals surface area (Å²) >= 11 is 5.83. The summed E-state index contributed by atoms with van der Waals surface area (Å²) < 4.78 is 1.58. The number of hydrogen-bond acceptors (Lipinski definition) is 3. The number of aromatic nitrogens is 2. The van der Waals surface area contributed by atoms with Gasteiger partial charge in [0.25, 0.3) is 11.7 Å². The number of anilines is 1. The summed E-state index contributed by atoms with van der Waals surface area (Å²) in [6.07, 6.45) is 0. The van der Waals surface area contributed by atoms with Crippen LogP contribution in [0.4, 0.5) is 5.69 Å². The van der Waals surface area contributed by atoms with E-state index in [-0.39, 0.29) is 0 Å². The molecule has 0 atom stereocenters. The molecule has 104 valence electrons. The number of hydrogen-bond donors (Lipinski definition) is 1. The van der Waals surface area contributed by atoms with Crippen LogP contribution in [-0.2, 0) is 11.8 Å². The topological polar surface area (TPSA) is 64.0 Å². The van der Waals surface area contributed by atoms with E-state index in [2.05, 4.69) is 10.4 Å². The average molecular weight is 292 g/mol. The van der Waals surface area contributed by atoms with Gasteiger partial charge in [0.1, 0.15) is 0 Å². The molecule has 1 aromatic carbocycles. The van der Waals surface area contributed by atoms with E-state index in [9.17, 15) is 9.59 Å². The Kier molecular flexibility index (Phi) is 3.90. The molecular formula is C14H14ClN3O2. The van der Waals surface area contributed by atoms with E-state index < -0.39 is 11.7 Å². The van der Waals surface area contributed by atoms with Crippen molar-refractivity contribution in [3.05, 3.63) is 46.2 Å². The van der Waals surface area contributed by atoms with Gasteiger partial charge in [-0.25, -0.2) is 0 Å². The number of ketones is 1. The number of carbonyl (C=O) groups is 2. The van der Waals surface area contributed by atoms with Crippen LogP contribution in [0.2, 0.25) is 5.02 Å². The van der Waals surface area contributed by atoms with Gasteiger partial charge in [0.2, 0.25) is 0 Å². The van der Waals surface area contributed by atoms with Gasteiger partial charge in [0.15, 0.2) is 0 Å². The Morgan fingerprint density at radius 3 is 2.55 bits per heavy atom. The minimum atomic E-state index is -0.702. The molecule has 0 radical (unpaired) electrons. The van der Waals surface area contributed by atoms with Crippen molar-refractivity contribution in [2.24, 2.45) is 7.05 Å². The van der Waals surface area contributed by atoms with Gasteiger partial charge < -0.3 is 5.32 Å². The summed E-state index contributed by atoms with van der Waals surface area (Å²) in [4.78, 5) is 24.2. The second-order valence-corrected chi connectivity index (χ2v) is 4.90. The van der Waals surface area contributed by atoms with Crippen LogP contribution in [0.5, 0.6) is 0 Å². The van der Waals surface area contributed by atoms with Crippen molar-refractivity contribution in [2.45, 2.75) is 13.8 Å². The zero-order valence-corrected chi connectivity index (χ0v) is 12.2. The number of nitrogens with one attached hydrogen (secondary N) is 1. The molecule has 0 saturated carbocycles. The van der Waals surface area contributed by atoms with Crippen LogP contribution in [0, 0.1) is 13.8 Å². The average Bonchev–Trinajstić information content (AvgIpc) is 2.62. The van der Waals surface area contributed by atoms with E-state index in [4.69, 9.17) is 11.6 Å². The summed E-state index contributed by atoms with van der Waals surface area (Å²) in [6.45, 7) is 3.45. The molecule has 0 aliphatic rings. The SMILES string of the molecule is Cc1nn(C)c(C)c1C(=O)C(=O)Nc1cccc(Cl)c1. The first-order chi connectivity index (χ1) is 9.40. The second-order valence-electron chi connectivity index (χ2n) is 4.46. The lowest BCUT2D eigenvalue weighted by Crippen LogP contribution is -2.24. The number of rotatable bonds is 3. The molecule has 1 heterocycles. The molecule has 6 heteroatoms. The molecule has 1 aromatic heterocycles. The third kappa shape index (κ3) is 2.72. The standard InChI is InChI=1S/C14H14ClN3O2/c1-8-12(9(2)18(3)17-8)13(19)14(20)16-11-6-4-5-10(15)7-11/h4-7H,1-3H3,(H,16,20). The highest BCUT2D eigenvalue weighted by atomic mass is 35.5. The maximum Gasteiger partial charge on any atom is 0.296 e. The number of aryl methyl sites for hydroxylation is 2. The maximum atomic E-state index is 12.2. The fourth-order valence-electron chi connectivity index (χ4n) is 1.97. The van der Waals surface area contributed by atoms with Crippen molar-refractivity contribution in [1.82, 2.24) is 9.78 Å². The van der Waals surface area contributed by atoms with E-state index in [1.165, 1.54) is 0 Å². The molecule has 20 heavy (non-hydrogen) atoms. The molecule has 0 aliphatic carbocycles. The van der Waals surface area contributed by atoms with E-state index >= 15 is 0 Å². The first kappa shape index (κ1) is 14.3. The minimum Gasteiger partial charge on any atom is -0.319 e. The van der Waals surface area contributed by atoms with Gasteiger partial charge in [0, 0.05) is 23.5 Å². The van der Waals surface area contributed by atoms with Gasteiger partial charge >= 0.3 is 0 Å². The van der Waals surface area contributed by atoms with E-state index in [0.29, 0.717) is 27.7 Å². The van der Waals surface area contributed by atoms with Crippen LogP contribution in [0.25, 0.3) is 0 Å². The fraction of sp³-hybridized carbons (Fsp3) is 0.214. The molecule has 0 saturated heterocycles. The van der Waals surface area contributed by atoms with Crippen LogP contribution in [0.1, 0.15) is 21.7 Å². The summed E-state index contributed by atoms with van der Waals surface area (Å²) in [5.74, 6) is -1.31. The van der Waals surface area contributed by atoms with E-state index in [1.807, 2.05) is 0 Å². The highest BCUT2D eigenvalue weighted by Gasteiger charge is 2.23. The van der Waals surface area contributed by atoms with Crippen molar-refractivity contribution in [3.63, 3.8) is 0 Å². The smallest absolute Gasteiger partial charge is 0.296 e. The minimum absolute atomic E-state index is 0.340. The van der Waals surface area contributed by atoms with Gasteiger partial charge in [-0.3, -0.25) is 14.3 Å². The normalized spacial score (nSPS) is 10.4. The number of nitrogens with zero attached hydrogens (tertiary/aromatic N) is 2. The van der Waals surface area contributed by atoms with Crippen molar-refractivity contribution in [2.75, 3.05) is 5.32 Å². The predicted molar refractivity (Wildman–Crippen MR) is 77.1 cm³/mol. The first-order valence-electron chi connectivity index (χ1n) is 6.01. The summed E-state index contributed by atoms with van der Waals surface area (Å²) in [7, 11) is 1.73. The Morgan fingerprint density at radius 1 is 1.30 bits per heavy atom. The quantitative estimate of drug-likeness (QED) is 0.698. The molecule has 0 aliphatic heterocycles. The Labute approximate surface area is 121 Å². The molecule has 1 amide bonds. The number of Topliss-reactive ketones (excluding diaryl/α,β-unsaturated/α-hetero) is 1. The third-order valence-corrected chi connectivity index (χ3v) is 3.26. The highest BCUT2D eigenvalue weighted by molar-refractivity contribution is 6.47. The van der Waals surface area contributed by atoms with Crippen molar-refractivity contribution in [1.29, 1.82) is 0 Å². The monoisotopic (exact) mass is 291 g/mol. The lowest BCUT2D eigenvalue weighted by atomic mass is 10.1. The molecule has 5 nitrogen and oxygen atoms in total. The zero-order chi connectivity index (χ0) is 14.9. The molecule has 2 rings (SSSR count). The van der Waals surface area contributed by atoms with Gasteiger partial charge in [-0.1, -0.05) is 17.7 Å². The molecule has 0 spiro atoms. The van der Waals surface area contributed by atoms with Crippen molar-refractivity contribution >= 4 is 29.0 Å². The van der Waals surface area contributed by atoms with Gasteiger partial charge in [-0.2, -0.15) is 5.10 Å². The molecule has 0 fully saturated rings.